The van der Waals surface area contributed by atoms with Crippen molar-refractivity contribution in [3.63, 3.8) is 0 Å². The number of amides is 1. The number of aromatic amines is 1. The molecule has 94 valence electrons. The molecule has 2 rings (SSSR count). The van der Waals surface area contributed by atoms with Crippen molar-refractivity contribution >= 4 is 24.3 Å². The fourth-order valence-corrected chi connectivity index (χ4v) is 1.44. The summed E-state index contributed by atoms with van der Waals surface area (Å²) < 4.78 is 7.01. The molecule has 2 aromatic rings. The van der Waals surface area contributed by atoms with Crippen LogP contribution in [-0.4, -0.2) is 20.9 Å². The molecule has 0 saturated carbocycles. The molecule has 0 aliphatic rings. The van der Waals surface area contributed by atoms with Crippen molar-refractivity contribution in [2.75, 3.05) is 5.32 Å². The van der Waals surface area contributed by atoms with Gasteiger partial charge in [-0.2, -0.15) is 0 Å². The Morgan fingerprint density at radius 2 is 2.22 bits per heavy atom. The lowest BCUT2D eigenvalue weighted by molar-refractivity contribution is 0.155. The van der Waals surface area contributed by atoms with Crippen LogP contribution < -0.4 is 5.32 Å². The second-order valence-corrected chi connectivity index (χ2v) is 3.98. The van der Waals surface area contributed by atoms with Crippen LogP contribution in [0.25, 0.3) is 0 Å². The minimum atomic E-state index is -0.573. The molecule has 0 atom stereocenters. The highest BCUT2D eigenvalue weighted by Crippen LogP contribution is 2.04. The highest BCUT2D eigenvalue weighted by Gasteiger charge is 2.08. The molecule has 2 N–H and O–H groups in total. The molecule has 0 fully saturated rings. The summed E-state index contributed by atoms with van der Waals surface area (Å²) in [4.78, 5) is 11.5. The number of rotatable bonds is 3. The number of nitrogens with zero attached hydrogens (tertiary/aromatic N) is 2. The zero-order valence-electron chi connectivity index (χ0n) is 9.71. The Balaban J connectivity index is 1.90. The molecular formula is C11H12N4O2S. The predicted octanol–water partition coefficient (Wildman–Crippen LogP) is 2.23. The smallest absolute Gasteiger partial charge is 0.414 e. The standard InChI is InChI=1S/C11H12N4O2S/c1-15-9(13-14-10(15)18)12-11(16)17-7-8-5-3-2-4-6-8/h2-6H,7H2,1H3,(H,14,18)(H,12,13,16). The molecule has 0 aliphatic heterocycles. The Morgan fingerprint density at radius 3 is 2.83 bits per heavy atom. The SMILES string of the molecule is Cn1c(NC(=O)OCc2ccccc2)n[nH]c1=S. The summed E-state index contributed by atoms with van der Waals surface area (Å²) in [5.74, 6) is 0.318. The van der Waals surface area contributed by atoms with Gasteiger partial charge in [-0.05, 0) is 17.8 Å². The van der Waals surface area contributed by atoms with E-state index in [-0.39, 0.29) is 6.61 Å². The van der Waals surface area contributed by atoms with Crippen LogP contribution >= 0.6 is 12.2 Å². The second kappa shape index (κ2) is 5.46. The molecule has 1 heterocycles. The van der Waals surface area contributed by atoms with Gasteiger partial charge in [-0.3, -0.25) is 9.88 Å². The third-order valence-corrected chi connectivity index (χ3v) is 2.67. The molecular weight excluding hydrogens is 252 g/mol. The van der Waals surface area contributed by atoms with Crippen LogP contribution in [0.3, 0.4) is 0 Å². The Bertz CT molecular complexity index is 591. The van der Waals surface area contributed by atoms with Crippen LogP contribution in [0, 0.1) is 4.77 Å². The lowest BCUT2D eigenvalue weighted by Crippen LogP contribution is -2.16. The molecule has 0 bridgehead atoms. The van der Waals surface area contributed by atoms with Crippen LogP contribution in [0.1, 0.15) is 5.56 Å². The van der Waals surface area contributed by atoms with Crippen molar-refractivity contribution in [3.8, 4) is 0 Å². The van der Waals surface area contributed by atoms with Crippen LogP contribution in [0.5, 0.6) is 0 Å². The summed E-state index contributed by atoms with van der Waals surface area (Å²) in [6.07, 6.45) is -0.573. The average molecular weight is 264 g/mol. The van der Waals surface area contributed by atoms with E-state index in [2.05, 4.69) is 15.5 Å². The first-order chi connectivity index (χ1) is 8.66. The summed E-state index contributed by atoms with van der Waals surface area (Å²) >= 11 is 4.92. The van der Waals surface area contributed by atoms with Crippen molar-refractivity contribution in [1.29, 1.82) is 0 Å². The van der Waals surface area contributed by atoms with E-state index in [0.717, 1.165) is 5.56 Å². The van der Waals surface area contributed by atoms with Crippen LogP contribution in [0.4, 0.5) is 10.7 Å². The fraction of sp³-hybridized carbons (Fsp3) is 0.182. The number of H-pyrrole nitrogens is 1. The van der Waals surface area contributed by atoms with E-state index in [0.29, 0.717) is 10.7 Å². The average Bonchev–Trinajstić information content (AvgIpc) is 2.70. The Labute approximate surface area is 109 Å². The van der Waals surface area contributed by atoms with Gasteiger partial charge in [0.15, 0.2) is 4.77 Å². The zero-order valence-corrected chi connectivity index (χ0v) is 10.5. The highest BCUT2D eigenvalue weighted by molar-refractivity contribution is 7.71. The summed E-state index contributed by atoms with van der Waals surface area (Å²) in [7, 11) is 1.69. The van der Waals surface area contributed by atoms with E-state index in [1.165, 1.54) is 0 Å². The molecule has 0 aliphatic carbocycles. The van der Waals surface area contributed by atoms with Gasteiger partial charge in [0.25, 0.3) is 0 Å². The van der Waals surface area contributed by atoms with E-state index in [4.69, 9.17) is 17.0 Å². The second-order valence-electron chi connectivity index (χ2n) is 3.60. The van der Waals surface area contributed by atoms with Crippen molar-refractivity contribution in [2.45, 2.75) is 6.61 Å². The predicted molar refractivity (Wildman–Crippen MR) is 68.6 cm³/mol. The minimum Gasteiger partial charge on any atom is -0.444 e. The molecule has 1 amide bonds. The maximum atomic E-state index is 11.5. The summed E-state index contributed by atoms with van der Waals surface area (Å²) in [5.41, 5.74) is 0.919. The van der Waals surface area contributed by atoms with Gasteiger partial charge in [0.05, 0.1) is 0 Å². The van der Waals surface area contributed by atoms with Gasteiger partial charge in [0.2, 0.25) is 5.95 Å². The fourth-order valence-electron chi connectivity index (χ4n) is 1.31. The number of benzene rings is 1. The van der Waals surface area contributed by atoms with Gasteiger partial charge in [0, 0.05) is 7.05 Å². The van der Waals surface area contributed by atoms with Gasteiger partial charge in [0.1, 0.15) is 6.61 Å². The van der Waals surface area contributed by atoms with Crippen molar-refractivity contribution in [3.05, 3.63) is 40.7 Å². The number of aromatic nitrogens is 3. The van der Waals surface area contributed by atoms with E-state index in [1.807, 2.05) is 30.3 Å². The molecule has 1 aromatic carbocycles. The summed E-state index contributed by atoms with van der Waals surface area (Å²) in [6, 6.07) is 9.42. The lowest BCUT2D eigenvalue weighted by atomic mass is 10.2. The van der Waals surface area contributed by atoms with Gasteiger partial charge in [-0.15, -0.1) is 5.10 Å². The molecule has 7 heteroatoms. The molecule has 1 aromatic heterocycles. The summed E-state index contributed by atoms with van der Waals surface area (Å²) in [6.45, 7) is 0.210. The van der Waals surface area contributed by atoms with Crippen LogP contribution in [0.2, 0.25) is 0 Å². The molecule has 0 radical (unpaired) electrons. The molecule has 0 unspecified atom stereocenters. The monoisotopic (exact) mass is 264 g/mol. The number of carbonyl (C=O) groups is 1. The Kier molecular flexibility index (Phi) is 3.73. The zero-order chi connectivity index (χ0) is 13.0. The van der Waals surface area contributed by atoms with E-state index in [9.17, 15) is 4.79 Å². The number of nitrogens with one attached hydrogen (secondary N) is 2. The van der Waals surface area contributed by atoms with Gasteiger partial charge < -0.3 is 4.74 Å². The van der Waals surface area contributed by atoms with E-state index >= 15 is 0 Å². The minimum absolute atomic E-state index is 0.210. The quantitative estimate of drug-likeness (QED) is 0.834. The number of carbonyl (C=O) groups excluding carboxylic acids is 1. The third kappa shape index (κ3) is 2.95. The first kappa shape index (κ1) is 12.3. The number of hydrogen-bond acceptors (Lipinski definition) is 4. The van der Waals surface area contributed by atoms with Gasteiger partial charge in [-0.25, -0.2) is 9.89 Å². The lowest BCUT2D eigenvalue weighted by Gasteiger charge is -2.05. The largest absolute Gasteiger partial charge is 0.444 e. The molecule has 18 heavy (non-hydrogen) atoms. The van der Waals surface area contributed by atoms with E-state index in [1.54, 1.807) is 11.6 Å². The Hall–Kier alpha value is -2.15. The Morgan fingerprint density at radius 1 is 1.50 bits per heavy atom. The number of hydrogen-bond donors (Lipinski definition) is 2. The first-order valence-corrected chi connectivity index (χ1v) is 5.67. The molecule has 0 saturated heterocycles. The van der Waals surface area contributed by atoms with Crippen molar-refractivity contribution in [2.24, 2.45) is 7.05 Å². The number of anilines is 1. The topological polar surface area (TPSA) is 71.9 Å². The number of ether oxygens (including phenoxy) is 1. The molecule has 6 nitrogen and oxygen atoms in total. The maximum Gasteiger partial charge on any atom is 0.414 e. The van der Waals surface area contributed by atoms with Crippen molar-refractivity contribution in [1.82, 2.24) is 14.8 Å². The van der Waals surface area contributed by atoms with Crippen LogP contribution in [-0.2, 0) is 18.4 Å². The van der Waals surface area contributed by atoms with Crippen molar-refractivity contribution < 1.29 is 9.53 Å². The van der Waals surface area contributed by atoms with E-state index < -0.39 is 6.09 Å². The first-order valence-electron chi connectivity index (χ1n) is 5.26. The van der Waals surface area contributed by atoms with Gasteiger partial charge >= 0.3 is 6.09 Å². The van der Waals surface area contributed by atoms with Crippen LogP contribution in [0.15, 0.2) is 30.3 Å². The maximum absolute atomic E-state index is 11.5. The highest BCUT2D eigenvalue weighted by atomic mass is 32.1. The third-order valence-electron chi connectivity index (χ3n) is 2.31. The normalized spacial score (nSPS) is 10.1. The van der Waals surface area contributed by atoms with Gasteiger partial charge in [-0.1, -0.05) is 30.3 Å². The summed E-state index contributed by atoms with van der Waals surface area (Å²) in [5, 5.41) is 8.90. The molecule has 0 spiro atoms.